The van der Waals surface area contributed by atoms with E-state index in [1.165, 1.54) is 25.4 Å². The Hall–Kier alpha value is -3.74. The van der Waals surface area contributed by atoms with Gasteiger partial charge in [-0.05, 0) is 18.2 Å². The number of pyridine rings is 2. The number of para-hydroxylation sites is 1. The van der Waals surface area contributed by atoms with E-state index in [4.69, 9.17) is 9.47 Å². The minimum absolute atomic E-state index is 0.0729. The first-order valence-electron chi connectivity index (χ1n) is 10.1. The highest BCUT2D eigenvalue weighted by atomic mass is 32.2. The molecule has 0 fully saturated rings. The molecule has 0 radical (unpaired) electrons. The highest BCUT2D eigenvalue weighted by Crippen LogP contribution is 2.31. The van der Waals surface area contributed by atoms with Crippen molar-refractivity contribution in [2.24, 2.45) is 7.05 Å². The maximum atomic E-state index is 14.6. The highest BCUT2D eigenvalue weighted by Gasteiger charge is 2.31. The smallest absolute Gasteiger partial charge is 0.402 e. The van der Waals surface area contributed by atoms with Crippen LogP contribution in [0.4, 0.5) is 23.2 Å². The zero-order chi connectivity index (χ0) is 25.2. The first kappa shape index (κ1) is 24.4. The first-order valence-corrected chi connectivity index (χ1v) is 11.4. The van der Waals surface area contributed by atoms with E-state index in [1.54, 1.807) is 4.68 Å². The van der Waals surface area contributed by atoms with Crippen molar-refractivity contribution in [3.63, 3.8) is 0 Å². The Kier molecular flexibility index (Phi) is 6.87. The lowest BCUT2D eigenvalue weighted by Crippen LogP contribution is -2.23. The molecule has 35 heavy (non-hydrogen) atoms. The summed E-state index contributed by atoms with van der Waals surface area (Å²) < 4.78 is 78.8. The van der Waals surface area contributed by atoms with Crippen LogP contribution in [0.2, 0.25) is 0 Å². The van der Waals surface area contributed by atoms with Gasteiger partial charge in [0.2, 0.25) is 11.8 Å². The predicted molar refractivity (Wildman–Crippen MR) is 122 cm³/mol. The van der Waals surface area contributed by atoms with Crippen LogP contribution < -0.4 is 14.2 Å². The Balaban J connectivity index is 1.58. The van der Waals surface area contributed by atoms with Gasteiger partial charge in [0, 0.05) is 30.3 Å². The third kappa shape index (κ3) is 5.67. The molecule has 0 aliphatic carbocycles. The van der Waals surface area contributed by atoms with Crippen LogP contribution in [0.25, 0.3) is 22.2 Å². The van der Waals surface area contributed by atoms with Gasteiger partial charge in [-0.1, -0.05) is 18.2 Å². The summed E-state index contributed by atoms with van der Waals surface area (Å²) in [7, 11) is 0.551. The Morgan fingerprint density at radius 3 is 2.69 bits per heavy atom. The maximum Gasteiger partial charge on any atom is 0.402 e. The first-order chi connectivity index (χ1) is 16.6. The largest absolute Gasteiger partial charge is 0.480 e. The van der Waals surface area contributed by atoms with Crippen LogP contribution in [0.15, 0.2) is 48.7 Å². The van der Waals surface area contributed by atoms with Crippen molar-refractivity contribution in [2.75, 3.05) is 17.6 Å². The number of aromatic nitrogens is 4. The zero-order valence-electron chi connectivity index (χ0n) is 18.5. The van der Waals surface area contributed by atoms with E-state index in [9.17, 15) is 21.8 Å². The number of halogens is 4. The molecule has 1 N–H and O–H groups in total. The molecule has 0 aliphatic heterocycles. The van der Waals surface area contributed by atoms with Crippen LogP contribution in [0.3, 0.4) is 0 Å². The van der Waals surface area contributed by atoms with Crippen LogP contribution in [-0.2, 0) is 24.6 Å². The van der Waals surface area contributed by atoms with Gasteiger partial charge in [-0.3, -0.25) is 9.40 Å². The fraction of sp³-hybridized carbons (Fsp3) is 0.227. The van der Waals surface area contributed by atoms with Crippen molar-refractivity contribution in [3.05, 3.63) is 60.2 Å². The lowest BCUT2D eigenvalue weighted by atomic mass is 10.1. The third-order valence-corrected chi connectivity index (χ3v) is 5.89. The molecule has 4 aromatic rings. The molecule has 4 rings (SSSR count). The second-order valence-electron chi connectivity index (χ2n) is 7.34. The van der Waals surface area contributed by atoms with Gasteiger partial charge in [-0.25, -0.2) is 18.6 Å². The lowest BCUT2D eigenvalue weighted by molar-refractivity contribution is -0.105. The third-order valence-electron chi connectivity index (χ3n) is 4.85. The summed E-state index contributed by atoms with van der Waals surface area (Å²) in [5.41, 5.74) is 1.43. The normalized spacial score (nSPS) is 12.5. The van der Waals surface area contributed by atoms with Crippen molar-refractivity contribution < 1.29 is 31.2 Å². The second-order valence-corrected chi connectivity index (χ2v) is 8.53. The summed E-state index contributed by atoms with van der Waals surface area (Å²) in [4.78, 5) is 8.15. The van der Waals surface area contributed by atoms with Crippen LogP contribution in [0.5, 0.6) is 11.8 Å². The van der Waals surface area contributed by atoms with E-state index < -0.39 is 28.7 Å². The molecule has 1 atom stereocenters. The molecule has 0 saturated heterocycles. The van der Waals surface area contributed by atoms with E-state index in [0.717, 1.165) is 17.0 Å². The summed E-state index contributed by atoms with van der Waals surface area (Å²) in [5, 5.41) is 5.34. The Bertz CT molecular complexity index is 1390. The number of hydrogen-bond acceptors (Lipinski definition) is 6. The Morgan fingerprint density at radius 1 is 1.17 bits per heavy atom. The second kappa shape index (κ2) is 9.86. The summed E-state index contributed by atoms with van der Waals surface area (Å²) in [6, 6.07) is 11.3. The van der Waals surface area contributed by atoms with E-state index >= 15 is 0 Å². The van der Waals surface area contributed by atoms with Gasteiger partial charge in [0.05, 0.1) is 12.6 Å². The van der Waals surface area contributed by atoms with Gasteiger partial charge in [0.15, 0.2) is 0 Å². The fourth-order valence-corrected chi connectivity index (χ4v) is 4.13. The molecule has 0 saturated carbocycles. The molecule has 184 valence electrons. The number of rotatable bonds is 8. The molecule has 8 nitrogen and oxygen atoms in total. The number of alkyl halides is 3. The van der Waals surface area contributed by atoms with Gasteiger partial charge in [-0.2, -0.15) is 18.3 Å². The van der Waals surface area contributed by atoms with E-state index in [0.29, 0.717) is 5.69 Å². The van der Waals surface area contributed by atoms with Crippen molar-refractivity contribution in [1.29, 1.82) is 0 Å². The number of methoxy groups -OCH3 is 1. The van der Waals surface area contributed by atoms with Crippen molar-refractivity contribution in [2.45, 2.75) is 12.8 Å². The quantitative estimate of drug-likeness (QED) is 0.354. The molecule has 1 unspecified atom stereocenters. The zero-order valence-corrected chi connectivity index (χ0v) is 19.3. The van der Waals surface area contributed by atoms with Crippen molar-refractivity contribution in [1.82, 2.24) is 19.7 Å². The average Bonchev–Trinajstić information content (AvgIpc) is 3.13. The van der Waals surface area contributed by atoms with Gasteiger partial charge in [0.1, 0.15) is 46.2 Å². The van der Waals surface area contributed by atoms with Crippen molar-refractivity contribution in [3.8, 4) is 23.0 Å². The maximum absolute atomic E-state index is 14.6. The Morgan fingerprint density at radius 2 is 1.94 bits per heavy atom. The van der Waals surface area contributed by atoms with Gasteiger partial charge in [0.25, 0.3) is 0 Å². The molecular formula is C22H19F4N5O3S. The van der Waals surface area contributed by atoms with E-state index in [-0.39, 0.29) is 35.3 Å². The number of nitrogens with one attached hydrogen (secondary N) is 1. The monoisotopic (exact) mass is 509 g/mol. The summed E-state index contributed by atoms with van der Waals surface area (Å²) in [5.74, 6) is -2.31. The summed E-state index contributed by atoms with van der Waals surface area (Å²) in [6.45, 7) is 0.0729. The van der Waals surface area contributed by atoms with Crippen LogP contribution in [-0.4, -0.2) is 43.0 Å². The lowest BCUT2D eigenvalue weighted by Gasteiger charge is -2.13. The van der Waals surface area contributed by atoms with Gasteiger partial charge < -0.3 is 9.47 Å². The number of aryl methyl sites for hydroxylation is 1. The average molecular weight is 509 g/mol. The summed E-state index contributed by atoms with van der Waals surface area (Å²) >= 11 is 0. The SMILES string of the molecule is COc1ncc(-c2nc(OCc3nn(C)c4ccccc34)ccc2F)cc1NS(=O)CC(F)(F)F. The molecular weight excluding hydrogens is 490 g/mol. The Labute approximate surface area is 199 Å². The van der Waals surface area contributed by atoms with Crippen molar-refractivity contribution >= 4 is 27.6 Å². The number of ether oxygens (including phenoxy) is 2. The molecule has 13 heteroatoms. The number of benzene rings is 1. The molecule has 1 aromatic carbocycles. The van der Waals surface area contributed by atoms with E-state index in [1.807, 2.05) is 31.3 Å². The number of fused-ring (bicyclic) bond motifs is 1. The number of nitrogens with zero attached hydrogens (tertiary/aromatic N) is 4. The van der Waals surface area contributed by atoms with Gasteiger partial charge in [-0.15, -0.1) is 0 Å². The molecule has 0 amide bonds. The minimum atomic E-state index is -4.64. The van der Waals surface area contributed by atoms with E-state index in [2.05, 4.69) is 19.8 Å². The molecule has 3 aromatic heterocycles. The predicted octanol–water partition coefficient (Wildman–Crippen LogP) is 4.39. The number of hydrogen-bond donors (Lipinski definition) is 1. The fourth-order valence-electron chi connectivity index (χ4n) is 3.37. The van der Waals surface area contributed by atoms with Crippen LogP contribution >= 0.6 is 0 Å². The molecule has 0 bridgehead atoms. The summed E-state index contributed by atoms with van der Waals surface area (Å²) in [6.07, 6.45) is -3.41. The number of anilines is 1. The molecule has 0 aliphatic rings. The van der Waals surface area contributed by atoms with Crippen LogP contribution in [0, 0.1) is 5.82 Å². The van der Waals surface area contributed by atoms with Gasteiger partial charge >= 0.3 is 6.18 Å². The topological polar surface area (TPSA) is 91.2 Å². The minimum Gasteiger partial charge on any atom is -0.480 e. The molecule has 0 spiro atoms. The van der Waals surface area contributed by atoms with Crippen LogP contribution in [0.1, 0.15) is 5.69 Å². The standard InChI is InChI=1S/C22H19F4N5O3S/c1-31-18-6-4-3-5-14(18)17(29-31)11-34-19-8-7-15(23)20(28-19)13-9-16(21(33-2)27-10-13)30-35(32)12-22(24,25)26/h3-10,30H,11-12H2,1-2H3. The highest BCUT2D eigenvalue weighted by molar-refractivity contribution is 7.86. The molecule has 3 heterocycles.